The number of halogens is 2. The minimum atomic E-state index is -0.637. The number of nitrogens with one attached hydrogen (secondary N) is 2. The van der Waals surface area contributed by atoms with Crippen molar-refractivity contribution in [3.63, 3.8) is 0 Å². The quantitative estimate of drug-likeness (QED) is 0.801. The van der Waals surface area contributed by atoms with Crippen molar-refractivity contribution in [2.24, 2.45) is 10.7 Å². The van der Waals surface area contributed by atoms with Gasteiger partial charge in [0.25, 0.3) is 5.91 Å². The highest BCUT2D eigenvalue weighted by Gasteiger charge is 2.24. The predicted octanol–water partition coefficient (Wildman–Crippen LogP) is 1.83. The molecule has 8 heteroatoms. The van der Waals surface area contributed by atoms with E-state index < -0.39 is 17.8 Å². The molecule has 0 spiro atoms. The summed E-state index contributed by atoms with van der Waals surface area (Å²) < 4.78 is 32.3. The maximum absolute atomic E-state index is 13.8. The lowest BCUT2D eigenvalue weighted by molar-refractivity contribution is 0.0952. The molecule has 1 amide bonds. The Kier molecular flexibility index (Phi) is 3.96. The molecule has 1 atom stereocenters. The summed E-state index contributed by atoms with van der Waals surface area (Å²) in [5.41, 5.74) is 6.05. The van der Waals surface area contributed by atoms with Crippen molar-refractivity contribution in [2.75, 3.05) is 11.9 Å². The van der Waals surface area contributed by atoms with E-state index >= 15 is 0 Å². The van der Waals surface area contributed by atoms with Crippen LogP contribution in [0, 0.1) is 11.6 Å². The summed E-state index contributed by atoms with van der Waals surface area (Å²) in [7, 11) is 0. The molecule has 0 fully saturated rings. The van der Waals surface area contributed by atoms with Gasteiger partial charge in [-0.2, -0.15) is 0 Å². The molecular weight excluding hydrogens is 306 g/mol. The van der Waals surface area contributed by atoms with Crippen LogP contribution in [-0.2, 0) is 0 Å². The molecular formula is C15H14F2N4O2. The van der Waals surface area contributed by atoms with Crippen LogP contribution < -0.4 is 16.4 Å². The van der Waals surface area contributed by atoms with Gasteiger partial charge in [0.2, 0.25) is 0 Å². The fourth-order valence-electron chi connectivity index (χ4n) is 2.33. The van der Waals surface area contributed by atoms with Crippen molar-refractivity contribution in [1.82, 2.24) is 5.32 Å². The molecule has 3 rings (SSSR count). The Hall–Kier alpha value is -2.90. The van der Waals surface area contributed by atoms with Crippen LogP contribution in [0.15, 0.2) is 40.1 Å². The number of carbonyl (C=O) groups is 1. The lowest BCUT2D eigenvalue weighted by atomic mass is 10.1. The van der Waals surface area contributed by atoms with E-state index in [1.54, 1.807) is 6.07 Å². The summed E-state index contributed by atoms with van der Waals surface area (Å²) in [4.78, 5) is 15.8. The second-order valence-corrected chi connectivity index (χ2v) is 5.01. The van der Waals surface area contributed by atoms with Gasteiger partial charge in [-0.1, -0.05) is 0 Å². The maximum Gasteiger partial charge on any atom is 0.254 e. The minimum absolute atomic E-state index is 0.0105. The summed E-state index contributed by atoms with van der Waals surface area (Å²) in [5, 5.41) is 5.47. The van der Waals surface area contributed by atoms with Gasteiger partial charge in [-0.05, 0) is 18.2 Å². The fourth-order valence-corrected chi connectivity index (χ4v) is 2.33. The van der Waals surface area contributed by atoms with Crippen molar-refractivity contribution >= 4 is 17.4 Å². The Balaban J connectivity index is 1.64. The van der Waals surface area contributed by atoms with Crippen LogP contribution in [-0.4, -0.2) is 24.5 Å². The Morgan fingerprint density at radius 1 is 1.35 bits per heavy atom. The van der Waals surface area contributed by atoms with E-state index in [4.69, 9.17) is 10.2 Å². The van der Waals surface area contributed by atoms with Crippen molar-refractivity contribution in [3.8, 4) is 0 Å². The van der Waals surface area contributed by atoms with Crippen molar-refractivity contribution in [3.05, 3.63) is 53.5 Å². The van der Waals surface area contributed by atoms with Gasteiger partial charge in [-0.25, -0.2) is 13.8 Å². The largest absolute Gasteiger partial charge is 0.472 e. The Bertz CT molecular complexity index is 759. The number of fused-ring (bicyclic) bond motifs is 1. The molecule has 0 unspecified atom stereocenters. The Morgan fingerprint density at radius 2 is 2.13 bits per heavy atom. The summed E-state index contributed by atoms with van der Waals surface area (Å²) in [6.45, 7) is 0.282. The third-order valence-electron chi connectivity index (χ3n) is 3.45. The number of amidine groups is 1. The van der Waals surface area contributed by atoms with Gasteiger partial charge in [0.15, 0.2) is 0 Å². The number of nitrogens with zero attached hydrogens (tertiary/aromatic N) is 1. The van der Waals surface area contributed by atoms with E-state index in [1.807, 2.05) is 0 Å². The molecule has 1 aliphatic rings. The first-order valence-corrected chi connectivity index (χ1v) is 6.95. The van der Waals surface area contributed by atoms with Crippen LogP contribution in [0.4, 0.5) is 14.5 Å². The molecule has 120 valence electrons. The third kappa shape index (κ3) is 3.01. The highest BCUT2D eigenvalue weighted by atomic mass is 19.1. The fraction of sp³-hybridized carbons (Fsp3) is 0.200. The highest BCUT2D eigenvalue weighted by molar-refractivity contribution is 6.04. The number of benzene rings is 1. The summed E-state index contributed by atoms with van der Waals surface area (Å²) in [6.07, 6.45) is 2.54. The van der Waals surface area contributed by atoms with E-state index in [2.05, 4.69) is 15.6 Å². The average Bonchev–Trinajstić information content (AvgIpc) is 3.05. The molecule has 0 bridgehead atoms. The number of carbonyl (C=O) groups excluding carboxylic acids is 1. The van der Waals surface area contributed by atoms with Gasteiger partial charge in [-0.15, -0.1) is 0 Å². The van der Waals surface area contributed by atoms with Crippen molar-refractivity contribution in [2.45, 2.75) is 12.6 Å². The lowest BCUT2D eigenvalue weighted by Crippen LogP contribution is -2.34. The van der Waals surface area contributed by atoms with Crippen LogP contribution in [0.3, 0.4) is 0 Å². The zero-order chi connectivity index (χ0) is 16.4. The van der Waals surface area contributed by atoms with E-state index in [0.29, 0.717) is 12.0 Å². The second-order valence-electron chi connectivity index (χ2n) is 5.01. The Labute approximate surface area is 130 Å². The van der Waals surface area contributed by atoms with E-state index in [9.17, 15) is 13.6 Å². The van der Waals surface area contributed by atoms with E-state index in [1.165, 1.54) is 12.5 Å². The number of hydrogen-bond acceptors (Lipinski definition) is 5. The van der Waals surface area contributed by atoms with Gasteiger partial charge in [0, 0.05) is 13.0 Å². The van der Waals surface area contributed by atoms with Gasteiger partial charge in [-0.3, -0.25) is 4.79 Å². The third-order valence-corrected chi connectivity index (χ3v) is 3.45. The average molecular weight is 320 g/mol. The highest BCUT2D eigenvalue weighted by Crippen LogP contribution is 2.27. The van der Waals surface area contributed by atoms with Crippen molar-refractivity contribution < 1.29 is 18.0 Å². The van der Waals surface area contributed by atoms with Crippen LogP contribution in [0.2, 0.25) is 0 Å². The monoisotopic (exact) mass is 320 g/mol. The minimum Gasteiger partial charge on any atom is -0.472 e. The molecule has 2 heterocycles. The molecule has 0 radical (unpaired) electrons. The first kappa shape index (κ1) is 15.0. The zero-order valence-corrected chi connectivity index (χ0v) is 12.0. The predicted molar refractivity (Wildman–Crippen MR) is 80.2 cm³/mol. The zero-order valence-electron chi connectivity index (χ0n) is 12.0. The number of rotatable bonds is 4. The van der Waals surface area contributed by atoms with Crippen LogP contribution in [0.25, 0.3) is 0 Å². The first-order chi connectivity index (χ1) is 11.1. The molecule has 23 heavy (non-hydrogen) atoms. The summed E-state index contributed by atoms with van der Waals surface area (Å²) in [6, 6.07) is 3.57. The standard InChI is InChI=1S/C15H14F2N4O2/c16-9-1-2-10(17)13-12(9)14(18)21-11(20-13)3-5-19-15(22)8-4-6-23-7-8/h1-2,4,6-7,11,20H,3,5H2,(H2,18,21)(H,19,22)/t11-/m1/s1. The molecule has 0 saturated carbocycles. The van der Waals surface area contributed by atoms with Crippen LogP contribution >= 0.6 is 0 Å². The number of furan rings is 1. The summed E-state index contributed by atoms with van der Waals surface area (Å²) in [5.74, 6) is -1.60. The first-order valence-electron chi connectivity index (χ1n) is 6.95. The van der Waals surface area contributed by atoms with Crippen LogP contribution in [0.5, 0.6) is 0 Å². The normalized spacial score (nSPS) is 16.3. The molecule has 1 aromatic carbocycles. The SMILES string of the molecule is NC1=N[C@H](CCNC(=O)c2ccoc2)Nc2c(F)ccc(F)c21. The lowest BCUT2D eigenvalue weighted by Gasteiger charge is -2.24. The molecule has 6 nitrogen and oxygen atoms in total. The molecule has 1 aromatic heterocycles. The molecule has 0 aliphatic carbocycles. The topological polar surface area (TPSA) is 92.6 Å². The van der Waals surface area contributed by atoms with E-state index in [-0.39, 0.29) is 29.5 Å². The van der Waals surface area contributed by atoms with Gasteiger partial charge >= 0.3 is 0 Å². The number of amides is 1. The van der Waals surface area contributed by atoms with Gasteiger partial charge < -0.3 is 20.8 Å². The van der Waals surface area contributed by atoms with Gasteiger partial charge in [0.1, 0.15) is 29.9 Å². The maximum atomic E-state index is 13.8. The molecule has 4 N–H and O–H groups in total. The number of nitrogens with two attached hydrogens (primary N) is 1. The number of hydrogen-bond donors (Lipinski definition) is 3. The number of anilines is 1. The molecule has 0 saturated heterocycles. The van der Waals surface area contributed by atoms with Crippen LogP contribution in [0.1, 0.15) is 22.3 Å². The van der Waals surface area contributed by atoms with Gasteiger partial charge in [0.05, 0.1) is 23.1 Å². The van der Waals surface area contributed by atoms with E-state index in [0.717, 1.165) is 12.1 Å². The smallest absolute Gasteiger partial charge is 0.254 e. The van der Waals surface area contributed by atoms with Crippen molar-refractivity contribution in [1.29, 1.82) is 0 Å². The molecule has 1 aliphatic heterocycles. The Morgan fingerprint density at radius 3 is 2.87 bits per heavy atom. The second kappa shape index (κ2) is 6.07. The molecule has 2 aromatic rings. The summed E-state index contributed by atoms with van der Waals surface area (Å²) >= 11 is 0. The number of aliphatic imine (C=N–C) groups is 1.